The molecule has 1 amide bonds. The minimum Gasteiger partial charge on any atom is -0.478 e. The van der Waals surface area contributed by atoms with Crippen molar-refractivity contribution in [2.24, 2.45) is 11.0 Å². The lowest BCUT2D eigenvalue weighted by Gasteiger charge is -2.19. The molecule has 1 aromatic rings. The van der Waals surface area contributed by atoms with Gasteiger partial charge in [0.05, 0.1) is 11.3 Å². The van der Waals surface area contributed by atoms with E-state index >= 15 is 0 Å². The summed E-state index contributed by atoms with van der Waals surface area (Å²) < 4.78 is 0.635. The predicted molar refractivity (Wildman–Crippen MR) is 75.6 cm³/mol. The zero-order chi connectivity index (χ0) is 14.7. The fourth-order valence-corrected chi connectivity index (χ4v) is 2.56. The van der Waals surface area contributed by atoms with Gasteiger partial charge in [0.15, 0.2) is 0 Å². The molecule has 2 rings (SSSR count). The van der Waals surface area contributed by atoms with Crippen LogP contribution in [0.2, 0.25) is 0 Å². The predicted octanol–water partition coefficient (Wildman–Crippen LogP) is 2.81. The van der Waals surface area contributed by atoms with E-state index in [0.717, 1.165) is 0 Å². The number of azide groups is 1. The number of carbonyl (C=O) groups excluding carboxylic acids is 1. The smallest absolute Gasteiger partial charge is 0.337 e. The van der Waals surface area contributed by atoms with Gasteiger partial charge in [-0.05, 0) is 29.6 Å². The first-order valence-electron chi connectivity index (χ1n) is 5.87. The zero-order valence-electron chi connectivity index (χ0n) is 10.4. The van der Waals surface area contributed by atoms with Crippen molar-refractivity contribution in [3.8, 4) is 0 Å². The van der Waals surface area contributed by atoms with Crippen LogP contribution in [0.5, 0.6) is 0 Å². The van der Waals surface area contributed by atoms with Gasteiger partial charge in [0.2, 0.25) is 5.91 Å². The maximum absolute atomic E-state index is 12.0. The number of rotatable bonds is 4. The van der Waals surface area contributed by atoms with E-state index in [1.165, 1.54) is 11.0 Å². The van der Waals surface area contributed by atoms with Crippen LogP contribution < -0.4 is 4.90 Å². The molecule has 8 heteroatoms. The van der Waals surface area contributed by atoms with Crippen LogP contribution in [-0.4, -0.2) is 30.1 Å². The highest BCUT2D eigenvalue weighted by Gasteiger charge is 2.32. The van der Waals surface area contributed by atoms with Crippen LogP contribution in [0.3, 0.4) is 0 Å². The van der Waals surface area contributed by atoms with Gasteiger partial charge in [0.1, 0.15) is 0 Å². The lowest BCUT2D eigenvalue weighted by atomic mass is 10.1. The molecule has 1 heterocycles. The minimum absolute atomic E-state index is 0.0668. The third-order valence-corrected chi connectivity index (χ3v) is 3.58. The van der Waals surface area contributed by atoms with Crippen molar-refractivity contribution < 1.29 is 14.7 Å². The average Bonchev–Trinajstić information content (AvgIpc) is 2.77. The molecule has 1 aliphatic rings. The maximum atomic E-state index is 12.0. The van der Waals surface area contributed by atoms with Gasteiger partial charge in [-0.15, -0.1) is 0 Å². The van der Waals surface area contributed by atoms with Crippen molar-refractivity contribution in [1.29, 1.82) is 0 Å². The number of carbonyl (C=O) groups is 2. The van der Waals surface area contributed by atoms with E-state index in [0.29, 0.717) is 16.7 Å². The summed E-state index contributed by atoms with van der Waals surface area (Å²) >= 11 is 3.21. The van der Waals surface area contributed by atoms with Crippen molar-refractivity contribution in [2.75, 3.05) is 18.0 Å². The van der Waals surface area contributed by atoms with Gasteiger partial charge in [0.25, 0.3) is 0 Å². The first-order chi connectivity index (χ1) is 9.52. The fraction of sp³-hybridized carbons (Fsp3) is 0.333. The van der Waals surface area contributed by atoms with Crippen LogP contribution >= 0.6 is 15.9 Å². The highest BCUT2D eigenvalue weighted by atomic mass is 79.9. The number of nitrogens with zero attached hydrogens (tertiary/aromatic N) is 4. The van der Waals surface area contributed by atoms with Crippen molar-refractivity contribution in [1.82, 2.24) is 0 Å². The Morgan fingerprint density at radius 3 is 3.00 bits per heavy atom. The molecule has 0 spiro atoms. The summed E-state index contributed by atoms with van der Waals surface area (Å²) in [7, 11) is 0. The molecule has 1 N–H and O–H groups in total. The van der Waals surface area contributed by atoms with Gasteiger partial charge >= 0.3 is 5.97 Å². The Kier molecular flexibility index (Phi) is 4.26. The normalized spacial score (nSPS) is 17.9. The molecular weight excluding hydrogens is 328 g/mol. The number of carboxylic acids is 1. The molecule has 1 unspecified atom stereocenters. The molecular formula is C12H11BrN4O3. The molecule has 0 aromatic heterocycles. The summed E-state index contributed by atoms with van der Waals surface area (Å²) in [5, 5.41) is 12.7. The molecule has 1 aromatic carbocycles. The van der Waals surface area contributed by atoms with Crippen LogP contribution in [0.1, 0.15) is 16.8 Å². The lowest BCUT2D eigenvalue weighted by Crippen LogP contribution is -2.26. The van der Waals surface area contributed by atoms with Crippen LogP contribution in [-0.2, 0) is 4.79 Å². The Morgan fingerprint density at radius 1 is 1.60 bits per heavy atom. The first-order valence-corrected chi connectivity index (χ1v) is 6.66. The second-order valence-electron chi connectivity index (χ2n) is 4.45. The zero-order valence-corrected chi connectivity index (χ0v) is 11.9. The van der Waals surface area contributed by atoms with E-state index < -0.39 is 5.97 Å². The van der Waals surface area contributed by atoms with Gasteiger partial charge in [-0.3, -0.25) is 4.79 Å². The first kappa shape index (κ1) is 14.4. The summed E-state index contributed by atoms with van der Waals surface area (Å²) in [4.78, 5) is 27.4. The third kappa shape index (κ3) is 2.92. The van der Waals surface area contributed by atoms with Crippen LogP contribution in [0, 0.1) is 5.92 Å². The number of hydrogen-bond acceptors (Lipinski definition) is 3. The Morgan fingerprint density at radius 2 is 2.35 bits per heavy atom. The molecule has 104 valence electrons. The summed E-state index contributed by atoms with van der Waals surface area (Å²) in [6.07, 6.45) is 0.258. The molecule has 0 aliphatic carbocycles. The summed E-state index contributed by atoms with van der Waals surface area (Å²) in [5.74, 6) is -1.33. The third-order valence-electron chi connectivity index (χ3n) is 3.09. The molecule has 1 aliphatic heterocycles. The highest BCUT2D eigenvalue weighted by Crippen LogP contribution is 2.30. The average molecular weight is 339 g/mol. The SMILES string of the molecule is [N-]=[N+]=NCC1CC(=O)N(c2ccc(Br)cc2C(=O)O)C1. The molecule has 0 radical (unpaired) electrons. The number of carboxylic acid groups (broad SMARTS) is 1. The second kappa shape index (κ2) is 5.94. The Balaban J connectivity index is 2.30. The molecule has 0 bridgehead atoms. The molecule has 1 fully saturated rings. The minimum atomic E-state index is -1.09. The molecule has 7 nitrogen and oxygen atoms in total. The standard InChI is InChI=1S/C12H11BrN4O3/c13-8-1-2-10(9(4-8)12(19)20)17-6-7(3-11(17)18)5-15-16-14/h1-2,4,7H,3,5-6H2,(H,19,20). The van der Waals surface area contributed by atoms with Crippen LogP contribution in [0.25, 0.3) is 10.4 Å². The van der Waals surface area contributed by atoms with Crippen molar-refractivity contribution in [2.45, 2.75) is 6.42 Å². The summed E-state index contributed by atoms with van der Waals surface area (Å²) in [5.41, 5.74) is 8.74. The van der Waals surface area contributed by atoms with Crippen molar-refractivity contribution in [3.63, 3.8) is 0 Å². The Labute approximate surface area is 122 Å². The number of halogens is 1. The van der Waals surface area contributed by atoms with E-state index in [1.54, 1.807) is 12.1 Å². The number of anilines is 1. The van der Waals surface area contributed by atoms with Gasteiger partial charge in [-0.1, -0.05) is 21.0 Å². The summed E-state index contributed by atoms with van der Waals surface area (Å²) in [6, 6.07) is 4.75. The van der Waals surface area contributed by atoms with Crippen LogP contribution in [0.15, 0.2) is 27.8 Å². The van der Waals surface area contributed by atoms with E-state index in [4.69, 9.17) is 5.53 Å². The topological polar surface area (TPSA) is 106 Å². The van der Waals surface area contributed by atoms with Gasteiger partial charge in [0, 0.05) is 28.9 Å². The van der Waals surface area contributed by atoms with Gasteiger partial charge < -0.3 is 10.0 Å². The van der Waals surface area contributed by atoms with Gasteiger partial charge in [-0.25, -0.2) is 4.79 Å². The van der Waals surface area contributed by atoms with Crippen molar-refractivity contribution in [3.05, 3.63) is 38.7 Å². The quantitative estimate of drug-likeness (QED) is 0.518. The number of aromatic carboxylic acids is 1. The van der Waals surface area contributed by atoms with Crippen LogP contribution in [0.4, 0.5) is 5.69 Å². The maximum Gasteiger partial charge on any atom is 0.337 e. The van der Waals surface area contributed by atoms with Crippen molar-refractivity contribution >= 4 is 33.5 Å². The largest absolute Gasteiger partial charge is 0.478 e. The molecule has 1 atom stereocenters. The number of benzene rings is 1. The van der Waals surface area contributed by atoms with E-state index in [1.807, 2.05) is 0 Å². The Bertz CT molecular complexity index is 613. The van der Waals surface area contributed by atoms with Gasteiger partial charge in [-0.2, -0.15) is 0 Å². The molecule has 0 saturated carbocycles. The lowest BCUT2D eigenvalue weighted by molar-refractivity contribution is -0.117. The summed E-state index contributed by atoms with van der Waals surface area (Å²) in [6.45, 7) is 0.595. The van der Waals surface area contributed by atoms with E-state index in [9.17, 15) is 14.7 Å². The van der Waals surface area contributed by atoms with E-state index in [2.05, 4.69) is 26.0 Å². The van der Waals surface area contributed by atoms with E-state index in [-0.39, 0.29) is 30.4 Å². The molecule has 20 heavy (non-hydrogen) atoms. The Hall–Kier alpha value is -2.05. The number of hydrogen-bond donors (Lipinski definition) is 1. The second-order valence-corrected chi connectivity index (χ2v) is 5.37. The fourth-order valence-electron chi connectivity index (χ4n) is 2.20. The molecule has 1 saturated heterocycles. The number of amides is 1. The highest BCUT2D eigenvalue weighted by molar-refractivity contribution is 9.10. The monoisotopic (exact) mass is 338 g/mol.